The summed E-state index contributed by atoms with van der Waals surface area (Å²) in [5, 5.41) is 17.1. The third-order valence-electron chi connectivity index (χ3n) is 5.59. The van der Waals surface area contributed by atoms with Crippen molar-refractivity contribution in [3.05, 3.63) is 101 Å². The highest BCUT2D eigenvalue weighted by molar-refractivity contribution is 6.30. The maximum absolute atomic E-state index is 12.9. The second kappa shape index (κ2) is 9.56. The molecule has 1 aliphatic heterocycles. The third-order valence-corrected chi connectivity index (χ3v) is 5.84. The summed E-state index contributed by atoms with van der Waals surface area (Å²) < 4.78 is 1.75. The molecule has 1 unspecified atom stereocenters. The summed E-state index contributed by atoms with van der Waals surface area (Å²) >= 11 is 5.94. The number of carbonyl (C=O) groups excluding carboxylic acids is 1. The van der Waals surface area contributed by atoms with Crippen LogP contribution in [0.3, 0.4) is 0 Å². The lowest BCUT2D eigenvalue weighted by atomic mass is 9.92. The van der Waals surface area contributed by atoms with Crippen molar-refractivity contribution >= 4 is 40.8 Å². The van der Waals surface area contributed by atoms with E-state index in [-0.39, 0.29) is 5.91 Å². The molecule has 0 bridgehead atoms. The first-order valence-corrected chi connectivity index (χ1v) is 11.0. The summed E-state index contributed by atoms with van der Waals surface area (Å²) in [6, 6.07) is 14.2. The Morgan fingerprint density at radius 1 is 1.24 bits per heavy atom. The maximum Gasteiger partial charge on any atom is 0.248 e. The molecule has 9 heteroatoms. The van der Waals surface area contributed by atoms with Crippen LogP contribution in [0, 0.1) is 5.41 Å². The van der Waals surface area contributed by atoms with Crippen LogP contribution in [0.1, 0.15) is 23.6 Å². The second-order valence-electron chi connectivity index (χ2n) is 8.14. The number of quaternary nitrogens is 1. The van der Waals surface area contributed by atoms with Gasteiger partial charge in [-0.15, -0.1) is 0 Å². The molecule has 1 atom stereocenters. The van der Waals surface area contributed by atoms with Crippen LogP contribution in [0.15, 0.2) is 83.9 Å². The average Bonchev–Trinajstić information content (AvgIpc) is 3.47. The van der Waals surface area contributed by atoms with E-state index in [2.05, 4.69) is 15.4 Å². The summed E-state index contributed by atoms with van der Waals surface area (Å²) in [6.07, 6.45) is 8.78. The van der Waals surface area contributed by atoms with Crippen LogP contribution >= 0.6 is 11.6 Å². The van der Waals surface area contributed by atoms with Gasteiger partial charge >= 0.3 is 0 Å². The molecule has 4 rings (SSSR count). The molecule has 0 fully saturated rings. The number of halogens is 1. The standard InChI is InChI=1S/C25H24ClN7O/c1-25(28,19-5-7-20(26)8-6-19)24(34)32-21-9-3-16(4-10-21)23(30-15-27)22-11-17(12-29-22)18-13-31-33(2)14-18/h3-15,27,29H,28H2,1-2H3,(H,32,34)/p+1. The van der Waals surface area contributed by atoms with Crippen molar-refractivity contribution < 1.29 is 10.1 Å². The molecule has 0 aliphatic carbocycles. The van der Waals surface area contributed by atoms with Gasteiger partial charge in [0.2, 0.25) is 5.91 Å². The van der Waals surface area contributed by atoms with Crippen molar-refractivity contribution in [3.8, 4) is 0 Å². The molecule has 0 saturated carbocycles. The molecule has 172 valence electrons. The first-order chi connectivity index (χ1) is 16.3. The quantitative estimate of drug-likeness (QED) is 0.310. The van der Waals surface area contributed by atoms with Gasteiger partial charge in [-0.1, -0.05) is 35.9 Å². The summed E-state index contributed by atoms with van der Waals surface area (Å²) in [6.45, 7) is 1.66. The molecule has 3 aromatic rings. The zero-order chi connectivity index (χ0) is 24.3. The number of aromatic nitrogens is 2. The summed E-state index contributed by atoms with van der Waals surface area (Å²) in [7, 11) is 1.87. The van der Waals surface area contributed by atoms with E-state index in [1.165, 1.54) is 0 Å². The molecule has 34 heavy (non-hydrogen) atoms. The monoisotopic (exact) mass is 474 g/mol. The number of rotatable bonds is 7. The molecular weight excluding hydrogens is 450 g/mol. The predicted octanol–water partition coefficient (Wildman–Crippen LogP) is 2.78. The van der Waals surface area contributed by atoms with Gasteiger partial charge in [-0.25, -0.2) is 4.99 Å². The minimum absolute atomic E-state index is 0.340. The lowest BCUT2D eigenvalue weighted by molar-refractivity contribution is -0.521. The van der Waals surface area contributed by atoms with E-state index in [9.17, 15) is 4.79 Å². The molecule has 0 radical (unpaired) electrons. The van der Waals surface area contributed by atoms with Gasteiger partial charge in [0.1, 0.15) is 23.8 Å². The largest absolute Gasteiger partial charge is 0.324 e. The summed E-state index contributed by atoms with van der Waals surface area (Å²) in [5.74, 6) is -0.340. The van der Waals surface area contributed by atoms with Gasteiger partial charge in [0.15, 0.2) is 5.70 Å². The molecular formula is C25H25ClN7O+. The Hall–Kier alpha value is -3.85. The van der Waals surface area contributed by atoms with Crippen LogP contribution < -0.4 is 16.4 Å². The normalized spacial score (nSPS) is 15.4. The Morgan fingerprint density at radius 3 is 2.56 bits per heavy atom. The lowest BCUT2D eigenvalue weighted by Gasteiger charge is -2.24. The number of amides is 1. The highest BCUT2D eigenvalue weighted by Crippen LogP contribution is 2.23. The fraction of sp³-hybridized carbons (Fsp3) is 0.120. The SMILES string of the molecule is Cn1cc(C2=C[NH2+]C(C(=NC=N)c3ccc(NC(=O)C(C)(N)c4ccc(Cl)cc4)cc3)=C2)cn1. The fourth-order valence-corrected chi connectivity index (χ4v) is 3.75. The smallest absolute Gasteiger partial charge is 0.248 e. The number of carbonyl (C=O) groups is 1. The first-order valence-electron chi connectivity index (χ1n) is 10.6. The van der Waals surface area contributed by atoms with Gasteiger partial charge in [-0.2, -0.15) is 5.10 Å². The number of benzene rings is 2. The molecule has 1 amide bonds. The topological polar surface area (TPSA) is 126 Å². The number of hydrogen-bond donors (Lipinski definition) is 4. The molecule has 6 N–H and O–H groups in total. The van der Waals surface area contributed by atoms with Gasteiger partial charge in [0.25, 0.3) is 0 Å². The number of allylic oxidation sites excluding steroid dienone is 3. The Bertz CT molecular complexity index is 1320. The molecule has 2 heterocycles. The van der Waals surface area contributed by atoms with E-state index in [4.69, 9.17) is 22.7 Å². The van der Waals surface area contributed by atoms with Gasteiger partial charge in [-0.05, 0) is 36.8 Å². The van der Waals surface area contributed by atoms with E-state index >= 15 is 0 Å². The van der Waals surface area contributed by atoms with Crippen molar-refractivity contribution in [1.29, 1.82) is 5.41 Å². The van der Waals surface area contributed by atoms with E-state index < -0.39 is 5.54 Å². The number of aryl methyl sites for hydroxylation is 1. The number of anilines is 1. The molecule has 1 aliphatic rings. The average molecular weight is 475 g/mol. The molecule has 1 aromatic heterocycles. The minimum atomic E-state index is -1.23. The van der Waals surface area contributed by atoms with Crippen molar-refractivity contribution in [2.75, 3.05) is 5.32 Å². The Morgan fingerprint density at radius 2 is 1.94 bits per heavy atom. The second-order valence-corrected chi connectivity index (χ2v) is 8.57. The number of nitrogens with one attached hydrogen (secondary N) is 2. The van der Waals surface area contributed by atoms with Gasteiger partial charge in [0, 0.05) is 46.7 Å². The molecule has 8 nitrogen and oxygen atoms in total. The molecule has 2 aromatic carbocycles. The molecule has 0 saturated heterocycles. The highest BCUT2D eigenvalue weighted by Gasteiger charge is 2.30. The molecule has 0 spiro atoms. The van der Waals surface area contributed by atoms with E-state index in [0.717, 1.165) is 28.7 Å². The Balaban J connectivity index is 1.50. The van der Waals surface area contributed by atoms with E-state index in [1.54, 1.807) is 54.2 Å². The Kier molecular flexibility index (Phi) is 6.56. The maximum atomic E-state index is 12.9. The minimum Gasteiger partial charge on any atom is -0.324 e. The number of hydrogen-bond acceptors (Lipinski definition) is 4. The highest BCUT2D eigenvalue weighted by atomic mass is 35.5. The first kappa shape index (κ1) is 23.3. The van der Waals surface area contributed by atoms with Crippen LogP contribution in [0.5, 0.6) is 0 Å². The van der Waals surface area contributed by atoms with Gasteiger partial charge in [-0.3, -0.25) is 20.2 Å². The van der Waals surface area contributed by atoms with Crippen molar-refractivity contribution in [2.45, 2.75) is 12.5 Å². The number of aliphatic imine (C=N–C) groups is 1. The predicted molar refractivity (Wildman–Crippen MR) is 135 cm³/mol. The summed E-state index contributed by atoms with van der Waals surface area (Å²) in [4.78, 5) is 17.1. The van der Waals surface area contributed by atoms with E-state index in [1.807, 2.05) is 43.0 Å². The Labute approximate surface area is 202 Å². The van der Waals surface area contributed by atoms with Gasteiger partial charge in [0.05, 0.1) is 6.20 Å². The van der Waals surface area contributed by atoms with E-state index in [0.29, 0.717) is 22.0 Å². The van der Waals surface area contributed by atoms with Crippen LogP contribution in [-0.4, -0.2) is 27.7 Å². The van der Waals surface area contributed by atoms with Gasteiger partial charge < -0.3 is 11.1 Å². The van der Waals surface area contributed by atoms with Crippen molar-refractivity contribution in [2.24, 2.45) is 17.8 Å². The van der Waals surface area contributed by atoms with Crippen molar-refractivity contribution in [3.63, 3.8) is 0 Å². The number of nitrogens with two attached hydrogens (primary N) is 2. The zero-order valence-electron chi connectivity index (χ0n) is 18.8. The fourth-order valence-electron chi connectivity index (χ4n) is 3.62. The number of nitrogens with zero attached hydrogens (tertiary/aromatic N) is 3. The van der Waals surface area contributed by atoms with Crippen molar-refractivity contribution in [1.82, 2.24) is 9.78 Å². The lowest BCUT2D eigenvalue weighted by Crippen LogP contribution is -2.76. The van der Waals surface area contributed by atoms with Crippen LogP contribution in [0.25, 0.3) is 5.57 Å². The van der Waals surface area contributed by atoms with Crippen LogP contribution in [0.4, 0.5) is 5.69 Å². The van der Waals surface area contributed by atoms with Crippen LogP contribution in [0.2, 0.25) is 5.02 Å². The third kappa shape index (κ3) is 4.89. The zero-order valence-corrected chi connectivity index (χ0v) is 19.5. The summed E-state index contributed by atoms with van der Waals surface area (Å²) in [5.41, 5.74) is 10.7. The van der Waals surface area contributed by atoms with Crippen LogP contribution in [-0.2, 0) is 17.4 Å².